The molecule has 2 N–H and O–H groups in total. The molecule has 1 aliphatic heterocycles. The highest BCUT2D eigenvalue weighted by Crippen LogP contribution is 2.23. The van der Waals surface area contributed by atoms with Crippen LogP contribution in [0.25, 0.3) is 0 Å². The highest BCUT2D eigenvalue weighted by atomic mass is 32.2. The summed E-state index contributed by atoms with van der Waals surface area (Å²) in [4.78, 5) is 11.4. The van der Waals surface area contributed by atoms with Crippen LogP contribution >= 0.6 is 0 Å². The molecule has 1 aromatic rings. The Bertz CT molecular complexity index is 685. The summed E-state index contributed by atoms with van der Waals surface area (Å²) < 4.78 is 12.2. The second-order valence-electron chi connectivity index (χ2n) is 8.42. The van der Waals surface area contributed by atoms with Crippen molar-refractivity contribution in [3.8, 4) is 0 Å². The molecule has 1 aliphatic carbocycles. The van der Waals surface area contributed by atoms with Gasteiger partial charge in [0.15, 0.2) is 5.96 Å². The maximum Gasteiger partial charge on any atom is 0.191 e. The highest BCUT2D eigenvalue weighted by Gasteiger charge is 2.26. The summed E-state index contributed by atoms with van der Waals surface area (Å²) in [6.45, 7) is 7.25. The van der Waals surface area contributed by atoms with Gasteiger partial charge in [-0.1, -0.05) is 26.3 Å². The Morgan fingerprint density at radius 1 is 1.28 bits per heavy atom. The van der Waals surface area contributed by atoms with Crippen LogP contribution in [0.15, 0.2) is 23.3 Å². The lowest BCUT2D eigenvalue weighted by atomic mass is 9.95. The molecule has 0 spiro atoms. The monoisotopic (exact) mass is 419 g/mol. The van der Waals surface area contributed by atoms with Crippen LogP contribution < -0.4 is 15.5 Å². The lowest BCUT2D eigenvalue weighted by Gasteiger charge is -2.31. The number of anilines is 1. The van der Waals surface area contributed by atoms with Gasteiger partial charge in [0.25, 0.3) is 0 Å². The third kappa shape index (κ3) is 6.43. The summed E-state index contributed by atoms with van der Waals surface area (Å²) in [6, 6.07) is 4.63. The first kappa shape index (κ1) is 22.1. The SMILES string of the molecule is CCS(=O)C1CCCC(NC(=NC)NCc2ccc(N3CCC(C)CC3)nc2)C1. The summed E-state index contributed by atoms with van der Waals surface area (Å²) in [5.41, 5.74) is 1.15. The molecule has 7 heteroatoms. The number of nitrogens with zero attached hydrogens (tertiary/aromatic N) is 3. The zero-order valence-corrected chi connectivity index (χ0v) is 19.0. The minimum atomic E-state index is -0.704. The molecule has 162 valence electrons. The molecule has 6 nitrogen and oxygen atoms in total. The van der Waals surface area contributed by atoms with E-state index >= 15 is 0 Å². The van der Waals surface area contributed by atoms with Crippen LogP contribution in [0.5, 0.6) is 0 Å². The van der Waals surface area contributed by atoms with Crippen molar-refractivity contribution >= 4 is 22.6 Å². The molecule has 2 heterocycles. The molecule has 1 saturated heterocycles. The molecule has 2 aliphatic rings. The van der Waals surface area contributed by atoms with Gasteiger partial charge in [-0.15, -0.1) is 0 Å². The van der Waals surface area contributed by atoms with Crippen LogP contribution in [0.3, 0.4) is 0 Å². The van der Waals surface area contributed by atoms with Gasteiger partial charge in [0.2, 0.25) is 0 Å². The summed E-state index contributed by atoms with van der Waals surface area (Å²) in [7, 11) is 1.10. The number of guanidine groups is 1. The van der Waals surface area contributed by atoms with Gasteiger partial charge < -0.3 is 15.5 Å². The van der Waals surface area contributed by atoms with Crippen molar-refractivity contribution in [3.63, 3.8) is 0 Å². The van der Waals surface area contributed by atoms with Crippen molar-refractivity contribution in [2.24, 2.45) is 10.9 Å². The molecular formula is C22H37N5OS. The molecule has 2 fully saturated rings. The van der Waals surface area contributed by atoms with Gasteiger partial charge in [0.05, 0.1) is 0 Å². The Morgan fingerprint density at radius 2 is 2.07 bits per heavy atom. The predicted octanol–water partition coefficient (Wildman–Crippen LogP) is 3.06. The number of rotatable bonds is 6. The fraction of sp³-hybridized carbons (Fsp3) is 0.727. The fourth-order valence-corrected chi connectivity index (χ4v) is 5.62. The predicted molar refractivity (Wildman–Crippen MR) is 123 cm³/mol. The zero-order valence-electron chi connectivity index (χ0n) is 18.2. The first-order chi connectivity index (χ1) is 14.1. The number of aromatic nitrogens is 1. The third-order valence-electron chi connectivity index (χ3n) is 6.22. The van der Waals surface area contributed by atoms with Crippen molar-refractivity contribution in [2.45, 2.75) is 70.2 Å². The molecule has 3 rings (SSSR count). The molecular weight excluding hydrogens is 382 g/mol. The Balaban J connectivity index is 1.47. The molecule has 0 amide bonds. The van der Waals surface area contributed by atoms with Gasteiger partial charge in [0.1, 0.15) is 5.82 Å². The maximum atomic E-state index is 12.2. The number of piperidine rings is 1. The quantitative estimate of drug-likeness (QED) is 0.548. The van der Waals surface area contributed by atoms with E-state index in [9.17, 15) is 4.21 Å². The van der Waals surface area contributed by atoms with Crippen LogP contribution in [0.2, 0.25) is 0 Å². The van der Waals surface area contributed by atoms with Crippen LogP contribution in [0, 0.1) is 5.92 Å². The number of nitrogens with one attached hydrogen (secondary N) is 2. The van der Waals surface area contributed by atoms with Gasteiger partial charge in [-0.05, 0) is 49.7 Å². The second-order valence-corrected chi connectivity index (χ2v) is 10.4. The van der Waals surface area contributed by atoms with Crippen molar-refractivity contribution in [2.75, 3.05) is 30.8 Å². The van der Waals surface area contributed by atoms with Gasteiger partial charge in [-0.2, -0.15) is 0 Å². The van der Waals surface area contributed by atoms with Crippen LogP contribution in [0.4, 0.5) is 5.82 Å². The Hall–Kier alpha value is -1.63. The lowest BCUT2D eigenvalue weighted by Crippen LogP contribution is -2.46. The smallest absolute Gasteiger partial charge is 0.191 e. The summed E-state index contributed by atoms with van der Waals surface area (Å²) >= 11 is 0. The topological polar surface area (TPSA) is 69.6 Å². The average Bonchev–Trinajstić information content (AvgIpc) is 2.77. The van der Waals surface area contributed by atoms with Crippen LogP contribution in [-0.2, 0) is 17.3 Å². The maximum absolute atomic E-state index is 12.2. The Morgan fingerprint density at radius 3 is 2.72 bits per heavy atom. The Labute approximate surface area is 178 Å². The van der Waals surface area contributed by atoms with Gasteiger partial charge in [-0.25, -0.2) is 4.98 Å². The van der Waals surface area contributed by atoms with Gasteiger partial charge in [0, 0.05) is 60.7 Å². The van der Waals surface area contributed by atoms with Gasteiger partial charge >= 0.3 is 0 Å². The molecule has 3 unspecified atom stereocenters. The molecule has 1 saturated carbocycles. The number of hydrogen-bond donors (Lipinski definition) is 2. The number of pyridine rings is 1. The lowest BCUT2D eigenvalue weighted by molar-refractivity contribution is 0.413. The Kier molecular flexibility index (Phi) is 8.33. The molecule has 3 atom stereocenters. The molecule has 0 aromatic carbocycles. The minimum absolute atomic E-state index is 0.318. The molecule has 0 radical (unpaired) electrons. The normalized spacial score (nSPS) is 24.9. The standard InChI is InChI=1S/C22H37N5OS/c1-4-29(28)20-7-5-6-19(14-20)26-22(23-3)25-16-18-8-9-21(24-15-18)27-12-10-17(2)11-13-27/h8-9,15,17,19-20H,4-7,10-14,16H2,1-3H3,(H2,23,25,26). The van der Waals surface area contributed by atoms with E-state index < -0.39 is 10.8 Å². The van der Waals surface area contributed by atoms with E-state index in [1.165, 1.54) is 12.8 Å². The third-order valence-corrected chi connectivity index (χ3v) is 7.96. The van der Waals surface area contributed by atoms with E-state index in [0.29, 0.717) is 17.8 Å². The van der Waals surface area contributed by atoms with Gasteiger partial charge in [-0.3, -0.25) is 9.20 Å². The first-order valence-corrected chi connectivity index (χ1v) is 12.5. The fourth-order valence-electron chi connectivity index (χ4n) is 4.27. The number of aliphatic imine (C=N–C) groups is 1. The largest absolute Gasteiger partial charge is 0.357 e. The van der Waals surface area contributed by atoms with Crippen molar-refractivity contribution in [1.82, 2.24) is 15.6 Å². The average molecular weight is 420 g/mol. The van der Waals surface area contributed by atoms with E-state index in [0.717, 1.165) is 67.8 Å². The molecule has 1 aromatic heterocycles. The van der Waals surface area contributed by atoms with E-state index in [4.69, 9.17) is 0 Å². The van der Waals surface area contributed by atoms with E-state index in [1.807, 2.05) is 13.1 Å². The van der Waals surface area contributed by atoms with E-state index in [2.05, 4.69) is 44.6 Å². The van der Waals surface area contributed by atoms with Crippen molar-refractivity contribution in [1.29, 1.82) is 0 Å². The summed E-state index contributed by atoms with van der Waals surface area (Å²) in [5, 5.41) is 7.25. The van der Waals surface area contributed by atoms with E-state index in [1.54, 1.807) is 7.05 Å². The summed E-state index contributed by atoms with van der Waals surface area (Å²) in [5.74, 6) is 3.48. The van der Waals surface area contributed by atoms with Crippen LogP contribution in [0.1, 0.15) is 57.9 Å². The van der Waals surface area contributed by atoms with E-state index in [-0.39, 0.29) is 0 Å². The first-order valence-electron chi connectivity index (χ1n) is 11.1. The highest BCUT2D eigenvalue weighted by molar-refractivity contribution is 7.85. The second kappa shape index (κ2) is 11.0. The van der Waals surface area contributed by atoms with Crippen molar-refractivity contribution in [3.05, 3.63) is 23.9 Å². The van der Waals surface area contributed by atoms with Crippen molar-refractivity contribution < 1.29 is 4.21 Å². The zero-order chi connectivity index (χ0) is 20.6. The summed E-state index contributed by atoms with van der Waals surface area (Å²) in [6.07, 6.45) is 8.76. The molecule has 0 bridgehead atoms. The minimum Gasteiger partial charge on any atom is -0.357 e. The van der Waals surface area contributed by atoms with Crippen LogP contribution in [-0.4, -0.2) is 52.3 Å². The molecule has 29 heavy (non-hydrogen) atoms. The number of hydrogen-bond acceptors (Lipinski definition) is 4.